The molecule has 1 aromatic carbocycles. The first-order valence-corrected chi connectivity index (χ1v) is 7.75. The number of nitrogens with one attached hydrogen (secondary N) is 2. The lowest BCUT2D eigenvalue weighted by molar-refractivity contribution is 0.102. The molecule has 0 aliphatic carbocycles. The van der Waals surface area contributed by atoms with Crippen molar-refractivity contribution in [2.75, 3.05) is 11.9 Å². The Labute approximate surface area is 145 Å². The smallest absolute Gasteiger partial charge is 0.267 e. The van der Waals surface area contributed by atoms with Crippen LogP contribution in [0.5, 0.6) is 5.88 Å². The van der Waals surface area contributed by atoms with Crippen molar-refractivity contribution in [2.45, 2.75) is 5.75 Å². The number of aromatic nitrogens is 2. The second-order valence-electron chi connectivity index (χ2n) is 5.03. The second kappa shape index (κ2) is 6.85. The summed E-state index contributed by atoms with van der Waals surface area (Å²) in [4.78, 5) is 30.1. The van der Waals surface area contributed by atoms with Crippen molar-refractivity contribution >= 4 is 29.9 Å². The number of carbonyl (C=O) groups is 1. The summed E-state index contributed by atoms with van der Waals surface area (Å²) in [5.41, 5.74) is -0.611. The summed E-state index contributed by atoms with van der Waals surface area (Å²) in [6.45, 7) is 0.393. The van der Waals surface area contributed by atoms with E-state index in [0.29, 0.717) is 12.2 Å². The number of thiol groups is 1. The summed E-state index contributed by atoms with van der Waals surface area (Å²) in [5, 5.41) is 19.7. The van der Waals surface area contributed by atoms with Crippen LogP contribution < -0.4 is 10.9 Å². The molecular formula is C15H12FN5O3S. The first-order valence-electron chi connectivity index (χ1n) is 7.11. The minimum Gasteiger partial charge on any atom is -0.493 e. The van der Waals surface area contributed by atoms with Crippen molar-refractivity contribution < 1.29 is 14.3 Å². The fourth-order valence-corrected chi connectivity index (χ4v) is 2.38. The molecule has 1 aliphatic heterocycles. The maximum atomic E-state index is 14.2. The van der Waals surface area contributed by atoms with Gasteiger partial charge < -0.3 is 15.4 Å². The van der Waals surface area contributed by atoms with Crippen LogP contribution in [0.25, 0.3) is 5.70 Å². The van der Waals surface area contributed by atoms with Gasteiger partial charge in [0.1, 0.15) is 11.6 Å². The van der Waals surface area contributed by atoms with Gasteiger partial charge in [-0.05, 0) is 24.3 Å². The number of halogens is 1. The van der Waals surface area contributed by atoms with Crippen molar-refractivity contribution in [1.82, 2.24) is 9.97 Å². The van der Waals surface area contributed by atoms with E-state index in [4.69, 9.17) is 0 Å². The number of amides is 1. The zero-order valence-electron chi connectivity index (χ0n) is 12.7. The summed E-state index contributed by atoms with van der Waals surface area (Å²) in [6.07, 6.45) is 1.67. The van der Waals surface area contributed by atoms with Crippen LogP contribution in [0.4, 0.5) is 10.1 Å². The van der Waals surface area contributed by atoms with Gasteiger partial charge in [-0.1, -0.05) is 0 Å². The molecule has 0 bridgehead atoms. The van der Waals surface area contributed by atoms with E-state index in [9.17, 15) is 19.1 Å². The average Bonchev–Trinajstić information content (AvgIpc) is 3.08. The molecule has 1 aliphatic rings. The van der Waals surface area contributed by atoms with E-state index in [2.05, 4.69) is 38.1 Å². The molecular weight excluding hydrogens is 349 g/mol. The number of hydrogen-bond donors (Lipinski definition) is 4. The van der Waals surface area contributed by atoms with Crippen LogP contribution in [0.15, 0.2) is 39.3 Å². The fraction of sp³-hybridized carbons (Fsp3) is 0.133. The zero-order chi connectivity index (χ0) is 18.0. The van der Waals surface area contributed by atoms with E-state index in [0.717, 1.165) is 6.07 Å². The van der Waals surface area contributed by atoms with Gasteiger partial charge >= 0.3 is 0 Å². The molecule has 3 N–H and O–H groups in total. The molecule has 0 saturated heterocycles. The normalized spacial score (nSPS) is 13.0. The van der Waals surface area contributed by atoms with Gasteiger partial charge in [-0.15, -0.1) is 0 Å². The highest BCUT2D eigenvalue weighted by atomic mass is 32.1. The Hall–Kier alpha value is -3.01. The quantitative estimate of drug-likeness (QED) is 0.623. The van der Waals surface area contributed by atoms with Gasteiger partial charge in [-0.2, -0.15) is 27.8 Å². The predicted molar refractivity (Wildman–Crippen MR) is 91.3 cm³/mol. The molecule has 2 aromatic rings. The third-order valence-corrected chi connectivity index (χ3v) is 3.67. The molecule has 0 atom stereocenters. The molecule has 1 aromatic heterocycles. The van der Waals surface area contributed by atoms with Crippen LogP contribution in [-0.4, -0.2) is 27.5 Å². The van der Waals surface area contributed by atoms with E-state index < -0.39 is 28.7 Å². The van der Waals surface area contributed by atoms with Gasteiger partial charge in [-0.25, -0.2) is 4.39 Å². The first-order chi connectivity index (χ1) is 12.0. The standard InChI is InChI=1S/C15H12FN5O3S/c16-9-5-7(1-2-8(9)10-3-4-17-21-10)18-13(22)12-14(23)19-11(6-25)20-15(12)24/h1-3,5,25H,4,6H2,(H,18,22)(H2,19,20,23,24). The first kappa shape index (κ1) is 16.8. The minimum atomic E-state index is -0.913. The van der Waals surface area contributed by atoms with E-state index >= 15 is 0 Å². The van der Waals surface area contributed by atoms with Crippen molar-refractivity contribution in [1.29, 1.82) is 0 Å². The molecule has 0 radical (unpaired) electrons. The number of azo groups is 1. The fourth-order valence-electron chi connectivity index (χ4n) is 2.23. The molecule has 3 rings (SSSR count). The molecule has 25 heavy (non-hydrogen) atoms. The molecule has 0 unspecified atom stereocenters. The van der Waals surface area contributed by atoms with Gasteiger partial charge in [0.25, 0.3) is 11.5 Å². The summed E-state index contributed by atoms with van der Waals surface area (Å²) >= 11 is 3.92. The van der Waals surface area contributed by atoms with E-state index in [1.54, 1.807) is 6.08 Å². The maximum absolute atomic E-state index is 14.2. The van der Waals surface area contributed by atoms with Crippen LogP contribution in [0.2, 0.25) is 0 Å². The Morgan fingerprint density at radius 2 is 2.24 bits per heavy atom. The monoisotopic (exact) mass is 361 g/mol. The van der Waals surface area contributed by atoms with Crippen LogP contribution in [0, 0.1) is 5.82 Å². The number of aromatic amines is 1. The summed E-state index contributed by atoms with van der Waals surface area (Å²) in [6, 6.07) is 3.97. The van der Waals surface area contributed by atoms with Gasteiger partial charge in [0.2, 0.25) is 5.88 Å². The lowest BCUT2D eigenvalue weighted by Gasteiger charge is -2.08. The topological polar surface area (TPSA) is 120 Å². The molecule has 10 heteroatoms. The van der Waals surface area contributed by atoms with E-state index in [1.807, 2.05) is 0 Å². The summed E-state index contributed by atoms with van der Waals surface area (Å²) < 4.78 is 14.2. The Balaban J connectivity index is 1.86. The van der Waals surface area contributed by atoms with Gasteiger partial charge in [0.15, 0.2) is 5.56 Å². The number of aromatic hydroxyl groups is 1. The predicted octanol–water partition coefficient (Wildman–Crippen LogP) is 2.10. The maximum Gasteiger partial charge on any atom is 0.267 e. The Morgan fingerprint density at radius 1 is 1.44 bits per heavy atom. The number of anilines is 1. The highest BCUT2D eigenvalue weighted by molar-refractivity contribution is 7.79. The van der Waals surface area contributed by atoms with Crippen molar-refractivity contribution in [3.63, 3.8) is 0 Å². The third-order valence-electron chi connectivity index (χ3n) is 3.37. The van der Waals surface area contributed by atoms with E-state index in [-0.39, 0.29) is 22.8 Å². The van der Waals surface area contributed by atoms with Crippen LogP contribution >= 0.6 is 12.6 Å². The molecule has 2 heterocycles. The molecule has 128 valence electrons. The SMILES string of the molecule is O=C(Nc1ccc(C2=CCN=N2)c(F)c1)c1c(O)nc(CS)[nH]c1=O. The Morgan fingerprint density at radius 3 is 2.84 bits per heavy atom. The molecule has 1 amide bonds. The van der Waals surface area contributed by atoms with E-state index in [1.165, 1.54) is 12.1 Å². The highest BCUT2D eigenvalue weighted by Gasteiger charge is 2.19. The van der Waals surface area contributed by atoms with Crippen molar-refractivity contribution in [3.05, 3.63) is 57.4 Å². The van der Waals surface area contributed by atoms with Crippen molar-refractivity contribution in [3.8, 4) is 5.88 Å². The molecule has 8 nitrogen and oxygen atoms in total. The Bertz CT molecular complexity index is 970. The number of carbonyl (C=O) groups excluding carboxylic acids is 1. The summed E-state index contributed by atoms with van der Waals surface area (Å²) in [7, 11) is 0. The Kier molecular flexibility index (Phi) is 4.61. The molecule has 0 saturated carbocycles. The van der Waals surface area contributed by atoms with Gasteiger partial charge in [0.05, 0.1) is 12.2 Å². The minimum absolute atomic E-state index is 0.0879. The van der Waals surface area contributed by atoms with Crippen LogP contribution in [-0.2, 0) is 5.75 Å². The number of benzene rings is 1. The molecule has 0 spiro atoms. The lowest BCUT2D eigenvalue weighted by Crippen LogP contribution is -2.25. The molecule has 0 fully saturated rings. The number of H-pyrrole nitrogens is 1. The van der Waals surface area contributed by atoms with Crippen molar-refractivity contribution in [2.24, 2.45) is 10.2 Å². The average molecular weight is 361 g/mol. The number of rotatable bonds is 4. The van der Waals surface area contributed by atoms with Crippen LogP contribution in [0.3, 0.4) is 0 Å². The summed E-state index contributed by atoms with van der Waals surface area (Å²) in [5.74, 6) is -2.03. The van der Waals surface area contributed by atoms with Crippen LogP contribution in [0.1, 0.15) is 21.7 Å². The largest absolute Gasteiger partial charge is 0.493 e. The second-order valence-corrected chi connectivity index (χ2v) is 5.35. The van der Waals surface area contributed by atoms with Gasteiger partial charge in [-0.3, -0.25) is 9.59 Å². The zero-order valence-corrected chi connectivity index (χ0v) is 13.5. The highest BCUT2D eigenvalue weighted by Crippen LogP contribution is 2.25. The third kappa shape index (κ3) is 3.43. The number of hydrogen-bond acceptors (Lipinski definition) is 7. The lowest BCUT2D eigenvalue weighted by atomic mass is 10.1. The van der Waals surface area contributed by atoms with Gasteiger partial charge in [0, 0.05) is 17.0 Å². The number of nitrogens with zero attached hydrogens (tertiary/aromatic N) is 3.